The van der Waals surface area contributed by atoms with Crippen molar-refractivity contribution < 1.29 is 0 Å². The number of rotatable bonds is 7. The summed E-state index contributed by atoms with van der Waals surface area (Å²) in [7, 11) is 0. The van der Waals surface area contributed by atoms with Gasteiger partial charge in [-0.2, -0.15) is 0 Å². The van der Waals surface area contributed by atoms with Crippen molar-refractivity contribution in [2.75, 3.05) is 37.6 Å². The molecule has 21 heavy (non-hydrogen) atoms. The van der Waals surface area contributed by atoms with Gasteiger partial charge in [-0.25, -0.2) is 4.98 Å². The predicted molar refractivity (Wildman–Crippen MR) is 90.2 cm³/mol. The zero-order valence-electron chi connectivity index (χ0n) is 13.4. The van der Waals surface area contributed by atoms with Crippen LogP contribution in [0.2, 0.25) is 5.02 Å². The number of pyridine rings is 1. The molecule has 1 aromatic heterocycles. The minimum absolute atomic E-state index is 0.648. The van der Waals surface area contributed by atoms with E-state index in [1.165, 1.54) is 6.42 Å². The topological polar surface area (TPSA) is 31.4 Å². The third kappa shape index (κ3) is 4.09. The number of halogens is 1. The van der Waals surface area contributed by atoms with E-state index in [1.54, 1.807) is 0 Å². The van der Waals surface area contributed by atoms with Gasteiger partial charge in [-0.3, -0.25) is 4.90 Å². The summed E-state index contributed by atoms with van der Waals surface area (Å²) >= 11 is 6.23. The molecular formula is C16H27ClN4. The molecule has 0 amide bonds. The van der Waals surface area contributed by atoms with Crippen molar-refractivity contribution in [3.63, 3.8) is 0 Å². The first-order chi connectivity index (χ1) is 10.2. The third-order valence-corrected chi connectivity index (χ3v) is 4.61. The molecule has 0 aliphatic carbocycles. The standard InChI is InChI=1S/C16H27ClN4/c1-4-18-11-15-14(17)7-8-16(19-15)21-10-9-13(12-21)20(5-2)6-3/h7-8,13,18H,4-6,9-12H2,1-3H3. The van der Waals surface area contributed by atoms with E-state index in [2.05, 4.69) is 35.9 Å². The molecule has 1 fully saturated rings. The second-order valence-electron chi connectivity index (χ2n) is 5.49. The minimum Gasteiger partial charge on any atom is -0.355 e. The maximum Gasteiger partial charge on any atom is 0.129 e. The minimum atomic E-state index is 0.648. The van der Waals surface area contributed by atoms with Crippen LogP contribution in [-0.2, 0) is 6.54 Å². The first-order valence-corrected chi connectivity index (χ1v) is 8.42. The van der Waals surface area contributed by atoms with Crippen LogP contribution in [0.5, 0.6) is 0 Å². The summed E-state index contributed by atoms with van der Waals surface area (Å²) in [5, 5.41) is 4.04. The van der Waals surface area contributed by atoms with Crippen molar-refractivity contribution in [3.05, 3.63) is 22.8 Å². The molecule has 1 unspecified atom stereocenters. The molecule has 4 nitrogen and oxygen atoms in total. The number of likely N-dealkylation sites (N-methyl/N-ethyl adjacent to an activating group) is 1. The van der Waals surface area contributed by atoms with Crippen LogP contribution in [0.15, 0.2) is 12.1 Å². The average Bonchev–Trinajstić information content (AvgIpc) is 2.97. The fourth-order valence-electron chi connectivity index (χ4n) is 3.00. The Kier molecular flexibility index (Phi) is 6.27. The van der Waals surface area contributed by atoms with Gasteiger partial charge in [-0.1, -0.05) is 32.4 Å². The van der Waals surface area contributed by atoms with Crippen LogP contribution in [0.3, 0.4) is 0 Å². The van der Waals surface area contributed by atoms with E-state index in [-0.39, 0.29) is 0 Å². The molecule has 2 heterocycles. The summed E-state index contributed by atoms with van der Waals surface area (Å²) in [5.74, 6) is 1.06. The van der Waals surface area contributed by atoms with Crippen LogP contribution in [-0.4, -0.2) is 48.6 Å². The molecule has 0 saturated carbocycles. The Balaban J connectivity index is 2.05. The zero-order valence-corrected chi connectivity index (χ0v) is 14.2. The Bertz CT molecular complexity index is 448. The van der Waals surface area contributed by atoms with Crippen molar-refractivity contribution in [2.24, 2.45) is 0 Å². The number of hydrogen-bond acceptors (Lipinski definition) is 4. The van der Waals surface area contributed by atoms with Gasteiger partial charge in [0.05, 0.1) is 10.7 Å². The van der Waals surface area contributed by atoms with Gasteiger partial charge >= 0.3 is 0 Å². The smallest absolute Gasteiger partial charge is 0.129 e. The summed E-state index contributed by atoms with van der Waals surface area (Å²) in [6.45, 7) is 12.6. The fourth-order valence-corrected chi connectivity index (χ4v) is 3.18. The lowest BCUT2D eigenvalue weighted by Crippen LogP contribution is -2.37. The van der Waals surface area contributed by atoms with Crippen molar-refractivity contribution in [1.29, 1.82) is 0 Å². The third-order valence-electron chi connectivity index (χ3n) is 4.26. The number of nitrogens with zero attached hydrogens (tertiary/aromatic N) is 3. The number of anilines is 1. The van der Waals surface area contributed by atoms with Gasteiger partial charge in [0, 0.05) is 25.7 Å². The SMILES string of the molecule is CCNCc1nc(N2CCC(N(CC)CC)C2)ccc1Cl. The molecular weight excluding hydrogens is 284 g/mol. The lowest BCUT2D eigenvalue weighted by atomic mass is 10.2. The van der Waals surface area contributed by atoms with Crippen LogP contribution in [0, 0.1) is 0 Å². The molecule has 0 aromatic carbocycles. The monoisotopic (exact) mass is 310 g/mol. The van der Waals surface area contributed by atoms with Crippen molar-refractivity contribution >= 4 is 17.4 Å². The fraction of sp³-hybridized carbons (Fsp3) is 0.688. The first-order valence-electron chi connectivity index (χ1n) is 8.04. The van der Waals surface area contributed by atoms with Gasteiger partial charge in [0.2, 0.25) is 0 Å². The van der Waals surface area contributed by atoms with Crippen LogP contribution in [0.4, 0.5) is 5.82 Å². The Morgan fingerprint density at radius 1 is 1.33 bits per heavy atom. The molecule has 1 aromatic rings. The Labute approximate surface area is 133 Å². The van der Waals surface area contributed by atoms with Crippen LogP contribution in [0.1, 0.15) is 32.9 Å². The molecule has 1 aliphatic heterocycles. The second kappa shape index (κ2) is 7.97. The molecule has 118 valence electrons. The molecule has 5 heteroatoms. The summed E-state index contributed by atoms with van der Waals surface area (Å²) < 4.78 is 0. The highest BCUT2D eigenvalue weighted by Gasteiger charge is 2.27. The van der Waals surface area contributed by atoms with Crippen molar-refractivity contribution in [1.82, 2.24) is 15.2 Å². The van der Waals surface area contributed by atoms with Gasteiger partial charge in [-0.05, 0) is 38.2 Å². The maximum atomic E-state index is 6.23. The highest BCUT2D eigenvalue weighted by atomic mass is 35.5. The highest BCUT2D eigenvalue weighted by molar-refractivity contribution is 6.31. The van der Waals surface area contributed by atoms with Crippen molar-refractivity contribution in [2.45, 2.75) is 39.8 Å². The lowest BCUT2D eigenvalue weighted by molar-refractivity contribution is 0.232. The second-order valence-corrected chi connectivity index (χ2v) is 5.90. The molecule has 0 spiro atoms. The normalized spacial score (nSPS) is 18.7. The van der Waals surface area contributed by atoms with E-state index in [1.807, 2.05) is 12.1 Å². The number of aromatic nitrogens is 1. The van der Waals surface area contributed by atoms with Crippen LogP contribution >= 0.6 is 11.6 Å². The predicted octanol–water partition coefficient (Wildman–Crippen LogP) is 2.77. The van der Waals surface area contributed by atoms with Crippen LogP contribution < -0.4 is 10.2 Å². The molecule has 1 saturated heterocycles. The average molecular weight is 311 g/mol. The molecule has 1 N–H and O–H groups in total. The van der Waals surface area contributed by atoms with Gasteiger partial charge in [0.25, 0.3) is 0 Å². The summed E-state index contributed by atoms with van der Waals surface area (Å²) in [4.78, 5) is 9.67. The highest BCUT2D eigenvalue weighted by Crippen LogP contribution is 2.24. The van der Waals surface area contributed by atoms with E-state index < -0.39 is 0 Å². The van der Waals surface area contributed by atoms with E-state index in [0.717, 1.165) is 55.8 Å². The van der Waals surface area contributed by atoms with E-state index in [9.17, 15) is 0 Å². The zero-order chi connectivity index (χ0) is 15.2. The quantitative estimate of drug-likeness (QED) is 0.839. The van der Waals surface area contributed by atoms with Gasteiger partial charge in [-0.15, -0.1) is 0 Å². The van der Waals surface area contributed by atoms with Gasteiger partial charge < -0.3 is 10.2 Å². The van der Waals surface area contributed by atoms with Gasteiger partial charge in [0.15, 0.2) is 0 Å². The molecule has 2 rings (SSSR count). The molecule has 1 aliphatic rings. The van der Waals surface area contributed by atoms with Crippen molar-refractivity contribution in [3.8, 4) is 0 Å². The Morgan fingerprint density at radius 2 is 2.10 bits per heavy atom. The Morgan fingerprint density at radius 3 is 2.76 bits per heavy atom. The molecule has 1 atom stereocenters. The van der Waals surface area contributed by atoms with E-state index in [0.29, 0.717) is 6.04 Å². The Hall–Kier alpha value is -0.840. The molecule has 0 radical (unpaired) electrons. The summed E-state index contributed by atoms with van der Waals surface area (Å²) in [5.41, 5.74) is 0.947. The lowest BCUT2D eigenvalue weighted by Gasteiger charge is -2.26. The number of nitrogens with one attached hydrogen (secondary N) is 1. The summed E-state index contributed by atoms with van der Waals surface area (Å²) in [6.07, 6.45) is 1.22. The van der Waals surface area contributed by atoms with E-state index >= 15 is 0 Å². The van der Waals surface area contributed by atoms with E-state index in [4.69, 9.17) is 16.6 Å². The summed E-state index contributed by atoms with van der Waals surface area (Å²) in [6, 6.07) is 4.67. The molecule has 0 bridgehead atoms. The maximum absolute atomic E-state index is 6.23. The number of hydrogen-bond donors (Lipinski definition) is 1. The first kappa shape index (κ1) is 16.5. The van der Waals surface area contributed by atoms with Crippen LogP contribution in [0.25, 0.3) is 0 Å². The largest absolute Gasteiger partial charge is 0.355 e. The van der Waals surface area contributed by atoms with Gasteiger partial charge in [0.1, 0.15) is 5.82 Å².